The molecular weight excluding hydrogens is 377 g/mol. The molecular formula is C22H17Cl2N3. The van der Waals surface area contributed by atoms with Gasteiger partial charge in [-0.3, -0.25) is 0 Å². The molecule has 0 bridgehead atoms. The molecule has 1 aromatic heterocycles. The lowest BCUT2D eigenvalue weighted by atomic mass is 10.1. The number of halogens is 2. The van der Waals surface area contributed by atoms with Crippen LogP contribution in [0.25, 0.3) is 22.3 Å². The highest BCUT2D eigenvalue weighted by molar-refractivity contribution is 6.35. The van der Waals surface area contributed by atoms with Crippen molar-refractivity contribution in [2.75, 3.05) is 11.9 Å². The number of nitrogens with zero attached hydrogens (tertiary/aromatic N) is 2. The van der Waals surface area contributed by atoms with Crippen molar-refractivity contribution >= 4 is 39.9 Å². The maximum Gasteiger partial charge on any atom is 0.162 e. The Bertz CT molecular complexity index is 1080. The number of aromatic nitrogens is 2. The predicted molar refractivity (Wildman–Crippen MR) is 114 cm³/mol. The SMILES string of the molecule is Clc1ccc(CCNc2nc(-c3ccccc3)nc3ccccc23)c(Cl)c1. The van der Waals surface area contributed by atoms with E-state index in [-0.39, 0.29) is 0 Å². The van der Waals surface area contributed by atoms with E-state index in [0.29, 0.717) is 22.4 Å². The van der Waals surface area contributed by atoms with Crippen LogP contribution in [0, 0.1) is 0 Å². The van der Waals surface area contributed by atoms with Crippen molar-refractivity contribution in [1.29, 1.82) is 0 Å². The third-order valence-electron chi connectivity index (χ3n) is 4.34. The number of para-hydroxylation sites is 1. The molecule has 0 saturated heterocycles. The van der Waals surface area contributed by atoms with Gasteiger partial charge < -0.3 is 5.32 Å². The zero-order valence-corrected chi connectivity index (χ0v) is 16.0. The molecule has 0 saturated carbocycles. The molecule has 0 atom stereocenters. The van der Waals surface area contributed by atoms with Gasteiger partial charge in [-0.15, -0.1) is 0 Å². The van der Waals surface area contributed by atoms with Crippen LogP contribution in [0.5, 0.6) is 0 Å². The highest BCUT2D eigenvalue weighted by atomic mass is 35.5. The van der Waals surface area contributed by atoms with Crippen molar-refractivity contribution in [2.45, 2.75) is 6.42 Å². The van der Waals surface area contributed by atoms with Gasteiger partial charge >= 0.3 is 0 Å². The quantitative estimate of drug-likeness (QED) is 0.434. The first-order valence-electron chi connectivity index (χ1n) is 8.71. The summed E-state index contributed by atoms with van der Waals surface area (Å²) in [6.45, 7) is 0.705. The Morgan fingerprint density at radius 3 is 2.41 bits per heavy atom. The Kier molecular flexibility index (Phi) is 5.23. The van der Waals surface area contributed by atoms with Crippen molar-refractivity contribution < 1.29 is 0 Å². The highest BCUT2D eigenvalue weighted by Gasteiger charge is 2.09. The van der Waals surface area contributed by atoms with E-state index in [4.69, 9.17) is 33.2 Å². The van der Waals surface area contributed by atoms with E-state index < -0.39 is 0 Å². The number of hydrogen-bond acceptors (Lipinski definition) is 3. The number of fused-ring (bicyclic) bond motifs is 1. The predicted octanol–water partition coefficient (Wildman–Crippen LogP) is 6.26. The van der Waals surface area contributed by atoms with Gasteiger partial charge in [-0.1, -0.05) is 71.7 Å². The molecule has 27 heavy (non-hydrogen) atoms. The summed E-state index contributed by atoms with van der Waals surface area (Å²) >= 11 is 12.2. The van der Waals surface area contributed by atoms with E-state index in [0.717, 1.165) is 34.3 Å². The first kappa shape index (κ1) is 17.8. The van der Waals surface area contributed by atoms with E-state index >= 15 is 0 Å². The Morgan fingerprint density at radius 2 is 1.59 bits per heavy atom. The summed E-state index contributed by atoms with van der Waals surface area (Å²) in [7, 11) is 0. The summed E-state index contributed by atoms with van der Waals surface area (Å²) in [5.74, 6) is 1.53. The van der Waals surface area contributed by atoms with Crippen molar-refractivity contribution in [3.63, 3.8) is 0 Å². The minimum Gasteiger partial charge on any atom is -0.369 e. The van der Waals surface area contributed by atoms with Crippen molar-refractivity contribution in [3.8, 4) is 11.4 Å². The average molecular weight is 394 g/mol. The molecule has 0 spiro atoms. The molecule has 0 aliphatic rings. The lowest BCUT2D eigenvalue weighted by molar-refractivity contribution is 1.01. The molecule has 0 aliphatic carbocycles. The summed E-state index contributed by atoms with van der Waals surface area (Å²) in [6, 6.07) is 23.6. The molecule has 0 aliphatic heterocycles. The van der Waals surface area contributed by atoms with Crippen molar-refractivity contribution in [3.05, 3.63) is 88.4 Å². The maximum absolute atomic E-state index is 6.27. The normalized spacial score (nSPS) is 10.9. The fourth-order valence-electron chi connectivity index (χ4n) is 2.97. The Balaban J connectivity index is 1.62. The van der Waals surface area contributed by atoms with Gasteiger partial charge in [-0.2, -0.15) is 0 Å². The average Bonchev–Trinajstić information content (AvgIpc) is 2.70. The molecule has 3 nitrogen and oxygen atoms in total. The molecule has 5 heteroatoms. The molecule has 4 rings (SSSR count). The van der Waals surface area contributed by atoms with E-state index in [1.165, 1.54) is 0 Å². The second-order valence-corrected chi connectivity index (χ2v) is 7.04. The molecule has 0 unspecified atom stereocenters. The number of hydrogen-bond donors (Lipinski definition) is 1. The van der Waals surface area contributed by atoms with Gasteiger partial charge in [-0.25, -0.2) is 9.97 Å². The minimum atomic E-state index is 0.644. The monoisotopic (exact) mass is 393 g/mol. The first-order chi connectivity index (χ1) is 13.2. The molecule has 0 radical (unpaired) electrons. The Labute approximate surface area is 168 Å². The van der Waals surface area contributed by atoms with E-state index in [1.807, 2.05) is 66.7 Å². The largest absolute Gasteiger partial charge is 0.369 e. The number of nitrogens with one attached hydrogen (secondary N) is 1. The Morgan fingerprint density at radius 1 is 0.815 bits per heavy atom. The van der Waals surface area contributed by atoms with Crippen LogP contribution in [0.3, 0.4) is 0 Å². The van der Waals surface area contributed by atoms with Crippen LogP contribution in [0.4, 0.5) is 5.82 Å². The summed E-state index contributed by atoms with van der Waals surface area (Å²) < 4.78 is 0. The van der Waals surface area contributed by atoms with Crippen LogP contribution in [0.1, 0.15) is 5.56 Å². The van der Waals surface area contributed by atoms with Gasteiger partial charge in [0.2, 0.25) is 0 Å². The van der Waals surface area contributed by atoms with Crippen LogP contribution in [-0.4, -0.2) is 16.5 Å². The van der Waals surface area contributed by atoms with Crippen LogP contribution in [-0.2, 0) is 6.42 Å². The van der Waals surface area contributed by atoms with Gasteiger partial charge in [0, 0.05) is 27.5 Å². The van der Waals surface area contributed by atoms with E-state index in [1.54, 1.807) is 6.07 Å². The summed E-state index contributed by atoms with van der Waals surface area (Å²) in [6.07, 6.45) is 0.773. The summed E-state index contributed by atoms with van der Waals surface area (Å²) in [5.41, 5.74) is 2.96. The second-order valence-electron chi connectivity index (χ2n) is 6.19. The van der Waals surface area contributed by atoms with Crippen molar-refractivity contribution in [2.24, 2.45) is 0 Å². The van der Waals surface area contributed by atoms with Gasteiger partial charge in [0.15, 0.2) is 5.82 Å². The highest BCUT2D eigenvalue weighted by Crippen LogP contribution is 2.25. The van der Waals surface area contributed by atoms with Crippen LogP contribution >= 0.6 is 23.2 Å². The Hall–Kier alpha value is -2.62. The number of anilines is 1. The number of benzene rings is 3. The fourth-order valence-corrected chi connectivity index (χ4v) is 3.47. The van der Waals surface area contributed by atoms with Gasteiger partial charge in [-0.05, 0) is 36.2 Å². The third-order valence-corrected chi connectivity index (χ3v) is 4.92. The first-order valence-corrected chi connectivity index (χ1v) is 9.46. The molecule has 134 valence electrons. The van der Waals surface area contributed by atoms with E-state index in [2.05, 4.69) is 5.32 Å². The van der Waals surface area contributed by atoms with Crippen LogP contribution in [0.2, 0.25) is 10.0 Å². The molecule has 0 amide bonds. The van der Waals surface area contributed by atoms with Crippen LogP contribution < -0.4 is 5.32 Å². The molecule has 1 N–H and O–H groups in total. The fraction of sp³-hybridized carbons (Fsp3) is 0.0909. The van der Waals surface area contributed by atoms with E-state index in [9.17, 15) is 0 Å². The van der Waals surface area contributed by atoms with Crippen molar-refractivity contribution in [1.82, 2.24) is 9.97 Å². The standard InChI is InChI=1S/C22H17Cl2N3/c23-17-11-10-15(19(24)14-17)12-13-25-22-18-8-4-5-9-20(18)26-21(27-22)16-6-2-1-3-7-16/h1-11,14H,12-13H2,(H,25,26,27). The maximum atomic E-state index is 6.27. The lowest BCUT2D eigenvalue weighted by Gasteiger charge is -2.12. The topological polar surface area (TPSA) is 37.8 Å². The lowest BCUT2D eigenvalue weighted by Crippen LogP contribution is -2.08. The molecule has 3 aromatic carbocycles. The second kappa shape index (κ2) is 7.95. The molecule has 1 heterocycles. The van der Waals surface area contributed by atoms with Gasteiger partial charge in [0.05, 0.1) is 5.52 Å². The third kappa shape index (κ3) is 4.05. The zero-order valence-electron chi connectivity index (χ0n) is 14.5. The summed E-state index contributed by atoms with van der Waals surface area (Å²) in [5, 5.41) is 5.77. The zero-order chi connectivity index (χ0) is 18.6. The van der Waals surface area contributed by atoms with Gasteiger partial charge in [0.25, 0.3) is 0 Å². The molecule has 0 fully saturated rings. The number of rotatable bonds is 5. The molecule has 4 aromatic rings. The summed E-state index contributed by atoms with van der Waals surface area (Å²) in [4.78, 5) is 9.47. The smallest absolute Gasteiger partial charge is 0.162 e. The minimum absolute atomic E-state index is 0.644. The van der Waals surface area contributed by atoms with Crippen LogP contribution in [0.15, 0.2) is 72.8 Å². The van der Waals surface area contributed by atoms with Gasteiger partial charge in [0.1, 0.15) is 5.82 Å².